The summed E-state index contributed by atoms with van der Waals surface area (Å²) in [4.78, 5) is 28.9. The number of hydrogen-bond acceptors (Lipinski definition) is 7. The Kier molecular flexibility index (Phi) is 4.40. The molecule has 9 nitrogen and oxygen atoms in total. The van der Waals surface area contributed by atoms with E-state index in [1.165, 1.54) is 0 Å². The molecule has 0 saturated carbocycles. The average molecular weight is 411 g/mol. The van der Waals surface area contributed by atoms with E-state index in [1.54, 1.807) is 30.7 Å². The predicted octanol–water partition coefficient (Wildman–Crippen LogP) is 1.72. The lowest BCUT2D eigenvalue weighted by atomic mass is 10.2. The van der Waals surface area contributed by atoms with Gasteiger partial charge in [-0.3, -0.25) is 14.1 Å². The van der Waals surface area contributed by atoms with Crippen molar-refractivity contribution in [3.63, 3.8) is 0 Å². The maximum Gasteiger partial charge on any atom is 0.258 e. The Bertz CT molecular complexity index is 1250. The molecule has 0 amide bonds. The van der Waals surface area contributed by atoms with Crippen molar-refractivity contribution in [2.75, 3.05) is 24.5 Å². The lowest BCUT2D eigenvalue weighted by Crippen LogP contribution is -2.52. The summed E-state index contributed by atoms with van der Waals surface area (Å²) in [6, 6.07) is 5.35. The lowest BCUT2D eigenvalue weighted by molar-refractivity contribution is 0.215. The summed E-state index contributed by atoms with van der Waals surface area (Å²) in [6.07, 6.45) is 5.28. The van der Waals surface area contributed by atoms with Crippen molar-refractivity contribution in [2.45, 2.75) is 19.5 Å². The van der Waals surface area contributed by atoms with Crippen molar-refractivity contribution >= 4 is 34.0 Å². The summed E-state index contributed by atoms with van der Waals surface area (Å²) in [5.41, 5.74) is 1.23. The maximum atomic E-state index is 12.4. The fourth-order valence-electron chi connectivity index (χ4n) is 3.89. The molecular weight excluding hydrogens is 392 g/mol. The first-order chi connectivity index (χ1) is 14.1. The molecule has 1 N–H and O–H groups in total. The zero-order chi connectivity index (χ0) is 20.0. The minimum absolute atomic E-state index is 0.143. The molecular formula is C19H19ClN8O. The molecule has 5 rings (SSSR count). The van der Waals surface area contributed by atoms with E-state index in [2.05, 4.69) is 41.9 Å². The van der Waals surface area contributed by atoms with Crippen LogP contribution in [0.3, 0.4) is 0 Å². The van der Waals surface area contributed by atoms with Gasteiger partial charge in [-0.15, -0.1) is 10.2 Å². The van der Waals surface area contributed by atoms with Gasteiger partial charge in [-0.2, -0.15) is 0 Å². The smallest absolute Gasteiger partial charge is 0.258 e. The van der Waals surface area contributed by atoms with Gasteiger partial charge in [0.15, 0.2) is 5.82 Å². The topological polar surface area (TPSA) is 95.3 Å². The molecule has 4 aromatic rings. The van der Waals surface area contributed by atoms with E-state index in [9.17, 15) is 4.79 Å². The van der Waals surface area contributed by atoms with E-state index in [0.717, 1.165) is 31.1 Å². The van der Waals surface area contributed by atoms with E-state index >= 15 is 0 Å². The van der Waals surface area contributed by atoms with Crippen molar-refractivity contribution in [3.05, 3.63) is 58.1 Å². The molecule has 0 aliphatic carbocycles. The third-order valence-corrected chi connectivity index (χ3v) is 5.51. The van der Waals surface area contributed by atoms with Crippen molar-refractivity contribution in [3.8, 4) is 0 Å². The van der Waals surface area contributed by atoms with E-state index < -0.39 is 0 Å². The maximum absolute atomic E-state index is 12.4. The number of anilines is 1. The molecule has 1 aliphatic rings. The molecule has 1 saturated heterocycles. The van der Waals surface area contributed by atoms with Gasteiger partial charge in [0.05, 0.1) is 17.4 Å². The Labute approximate surface area is 171 Å². The van der Waals surface area contributed by atoms with E-state index in [-0.39, 0.29) is 11.6 Å². The summed E-state index contributed by atoms with van der Waals surface area (Å²) in [6.45, 7) is 5.15. The van der Waals surface area contributed by atoms with Crippen molar-refractivity contribution in [1.82, 2.24) is 34.4 Å². The number of aromatic nitrogens is 6. The van der Waals surface area contributed by atoms with Crippen LogP contribution in [0.2, 0.25) is 5.02 Å². The molecule has 148 valence electrons. The number of fused-ring (bicyclic) bond motifs is 2. The molecule has 1 atom stereocenters. The quantitative estimate of drug-likeness (QED) is 0.549. The number of hydrogen-bond donors (Lipinski definition) is 1. The second-order valence-electron chi connectivity index (χ2n) is 7.26. The van der Waals surface area contributed by atoms with Gasteiger partial charge >= 0.3 is 0 Å². The number of piperazine rings is 1. The van der Waals surface area contributed by atoms with Crippen molar-refractivity contribution in [2.24, 2.45) is 0 Å². The van der Waals surface area contributed by atoms with Gasteiger partial charge in [0.1, 0.15) is 12.2 Å². The third kappa shape index (κ3) is 3.32. The molecule has 29 heavy (non-hydrogen) atoms. The Morgan fingerprint density at radius 1 is 1.31 bits per heavy atom. The summed E-state index contributed by atoms with van der Waals surface area (Å²) in [5.74, 6) is 1.48. The monoisotopic (exact) mass is 410 g/mol. The lowest BCUT2D eigenvalue weighted by Gasteiger charge is -2.40. The normalized spacial score (nSPS) is 18.0. The summed E-state index contributed by atoms with van der Waals surface area (Å²) < 4.78 is 1.87. The number of benzene rings is 1. The Morgan fingerprint density at radius 3 is 3.07 bits per heavy atom. The van der Waals surface area contributed by atoms with E-state index in [1.807, 2.05) is 10.6 Å². The second-order valence-corrected chi connectivity index (χ2v) is 7.70. The van der Waals surface area contributed by atoms with Gasteiger partial charge in [0, 0.05) is 43.1 Å². The van der Waals surface area contributed by atoms with Crippen molar-refractivity contribution in [1.29, 1.82) is 0 Å². The Morgan fingerprint density at radius 2 is 2.21 bits per heavy atom. The zero-order valence-electron chi connectivity index (χ0n) is 15.8. The van der Waals surface area contributed by atoms with Crippen LogP contribution in [0, 0.1) is 0 Å². The van der Waals surface area contributed by atoms with E-state index in [4.69, 9.17) is 11.6 Å². The van der Waals surface area contributed by atoms with Crippen LogP contribution in [0.5, 0.6) is 0 Å². The van der Waals surface area contributed by atoms with E-state index in [0.29, 0.717) is 28.3 Å². The van der Waals surface area contributed by atoms with Crippen LogP contribution < -0.4 is 10.5 Å². The SMILES string of the molecule is CC1CN(Cc2nc3cc(Cl)ccc3c(=O)[nH]2)CCN1c1nccn2cnnc12. The van der Waals surface area contributed by atoms with Gasteiger partial charge in [0.2, 0.25) is 5.65 Å². The Balaban J connectivity index is 1.36. The minimum atomic E-state index is -0.143. The molecule has 0 bridgehead atoms. The highest BCUT2D eigenvalue weighted by Crippen LogP contribution is 2.22. The number of nitrogens with one attached hydrogen (secondary N) is 1. The Hall–Kier alpha value is -3.04. The van der Waals surface area contributed by atoms with Crippen LogP contribution >= 0.6 is 11.6 Å². The average Bonchev–Trinajstić information content (AvgIpc) is 3.17. The molecule has 0 radical (unpaired) electrons. The molecule has 1 fully saturated rings. The van der Waals surface area contributed by atoms with Crippen LogP contribution in [0.25, 0.3) is 16.6 Å². The van der Waals surface area contributed by atoms with Gasteiger partial charge in [-0.1, -0.05) is 11.6 Å². The van der Waals surface area contributed by atoms with Crippen LogP contribution in [-0.2, 0) is 6.54 Å². The molecule has 3 aromatic heterocycles. The number of H-pyrrole nitrogens is 1. The number of halogens is 1. The van der Waals surface area contributed by atoms with Crippen LogP contribution in [0.4, 0.5) is 5.82 Å². The third-order valence-electron chi connectivity index (χ3n) is 5.27. The van der Waals surface area contributed by atoms with Crippen LogP contribution in [0.15, 0.2) is 41.7 Å². The summed E-state index contributed by atoms with van der Waals surface area (Å²) in [5, 5.41) is 9.29. The predicted molar refractivity (Wildman–Crippen MR) is 110 cm³/mol. The zero-order valence-corrected chi connectivity index (χ0v) is 16.5. The highest BCUT2D eigenvalue weighted by molar-refractivity contribution is 6.31. The van der Waals surface area contributed by atoms with Crippen molar-refractivity contribution < 1.29 is 0 Å². The van der Waals surface area contributed by atoms with Gasteiger partial charge in [0.25, 0.3) is 5.56 Å². The fourth-order valence-corrected chi connectivity index (χ4v) is 4.05. The first-order valence-corrected chi connectivity index (χ1v) is 9.78. The molecule has 1 aliphatic heterocycles. The van der Waals surface area contributed by atoms with Gasteiger partial charge < -0.3 is 9.88 Å². The highest BCUT2D eigenvalue weighted by Gasteiger charge is 2.27. The fraction of sp³-hybridized carbons (Fsp3) is 0.316. The first kappa shape index (κ1) is 18.0. The number of aromatic amines is 1. The van der Waals surface area contributed by atoms with Crippen LogP contribution in [-0.4, -0.2) is 60.1 Å². The summed E-state index contributed by atoms with van der Waals surface area (Å²) in [7, 11) is 0. The van der Waals surface area contributed by atoms with Crippen LogP contribution in [0.1, 0.15) is 12.7 Å². The first-order valence-electron chi connectivity index (χ1n) is 9.40. The molecule has 4 heterocycles. The van der Waals surface area contributed by atoms with Gasteiger partial charge in [-0.25, -0.2) is 9.97 Å². The molecule has 1 unspecified atom stereocenters. The van der Waals surface area contributed by atoms with Gasteiger partial charge in [-0.05, 0) is 25.1 Å². The standard InChI is InChI=1S/C19H19ClN8O/c1-12-9-26(6-7-28(12)17-18-25-22-11-27(18)5-4-21-17)10-16-23-15-8-13(20)2-3-14(15)19(29)24-16/h2-5,8,11-12H,6-7,9-10H2,1H3,(H,23,24,29). The number of rotatable bonds is 3. The minimum Gasteiger partial charge on any atom is -0.348 e. The second kappa shape index (κ2) is 7.09. The summed E-state index contributed by atoms with van der Waals surface area (Å²) >= 11 is 6.06. The molecule has 0 spiro atoms. The largest absolute Gasteiger partial charge is 0.348 e. The highest BCUT2D eigenvalue weighted by atomic mass is 35.5. The molecule has 10 heteroatoms. The molecule has 1 aromatic carbocycles. The number of nitrogens with zero attached hydrogens (tertiary/aromatic N) is 7.